The van der Waals surface area contributed by atoms with Crippen LogP contribution in [0, 0.1) is 0 Å². The first kappa shape index (κ1) is 21.1. The van der Waals surface area contributed by atoms with Crippen LogP contribution in [0.2, 0.25) is 0 Å². The summed E-state index contributed by atoms with van der Waals surface area (Å²) in [5.74, 6) is 1.49. The molecule has 27 heavy (non-hydrogen) atoms. The minimum Gasteiger partial charge on any atom is -0.493 e. The molecule has 2 aromatic carbocycles. The van der Waals surface area contributed by atoms with Crippen LogP contribution in [0.15, 0.2) is 42.5 Å². The van der Waals surface area contributed by atoms with Gasteiger partial charge in [0.1, 0.15) is 0 Å². The zero-order valence-electron chi connectivity index (χ0n) is 16.4. The van der Waals surface area contributed by atoms with E-state index in [0.717, 1.165) is 43.7 Å². The molecule has 0 aromatic heterocycles. The zero-order valence-corrected chi connectivity index (χ0v) is 17.2. The van der Waals surface area contributed by atoms with Gasteiger partial charge in [-0.2, -0.15) is 0 Å². The molecule has 2 aromatic rings. The van der Waals surface area contributed by atoms with E-state index < -0.39 is 10.0 Å². The Hall–Kier alpha value is -2.25. The van der Waals surface area contributed by atoms with Crippen molar-refractivity contribution < 1.29 is 17.9 Å². The highest BCUT2D eigenvalue weighted by Gasteiger charge is 2.06. The second kappa shape index (κ2) is 9.62. The first-order valence-corrected chi connectivity index (χ1v) is 10.7. The van der Waals surface area contributed by atoms with E-state index in [1.54, 1.807) is 26.4 Å². The summed E-state index contributed by atoms with van der Waals surface area (Å²) in [7, 11) is 2.14. The van der Waals surface area contributed by atoms with Crippen LogP contribution in [0.1, 0.15) is 11.1 Å². The fraction of sp³-hybridized carbons (Fsp3) is 0.400. The van der Waals surface area contributed by atoms with Gasteiger partial charge < -0.3 is 14.4 Å². The largest absolute Gasteiger partial charge is 0.493 e. The highest BCUT2D eigenvalue weighted by atomic mass is 32.2. The summed E-state index contributed by atoms with van der Waals surface area (Å²) in [6.07, 6.45) is 2.98. The van der Waals surface area contributed by atoms with Crippen LogP contribution < -0.4 is 14.2 Å². The first-order chi connectivity index (χ1) is 12.8. The quantitative estimate of drug-likeness (QED) is 0.673. The van der Waals surface area contributed by atoms with Crippen molar-refractivity contribution in [2.45, 2.75) is 12.8 Å². The molecule has 0 heterocycles. The number of methoxy groups -OCH3 is 2. The summed E-state index contributed by atoms with van der Waals surface area (Å²) < 4.78 is 35.6. The molecular formula is C20H28N2O4S. The molecule has 0 aliphatic rings. The van der Waals surface area contributed by atoms with E-state index in [-0.39, 0.29) is 0 Å². The minimum absolute atomic E-state index is 0.586. The molecule has 0 saturated heterocycles. The number of ether oxygens (including phenoxy) is 2. The van der Waals surface area contributed by atoms with Gasteiger partial charge in [0.15, 0.2) is 11.5 Å². The minimum atomic E-state index is -3.23. The third kappa shape index (κ3) is 7.11. The molecule has 0 amide bonds. The zero-order chi connectivity index (χ0) is 19.9. The molecule has 1 N–H and O–H groups in total. The molecular weight excluding hydrogens is 364 g/mol. The van der Waals surface area contributed by atoms with Gasteiger partial charge in [0.25, 0.3) is 0 Å². The average molecular weight is 393 g/mol. The summed E-state index contributed by atoms with van der Waals surface area (Å²) in [5.41, 5.74) is 2.96. The summed E-state index contributed by atoms with van der Waals surface area (Å²) in [6.45, 7) is 1.86. The van der Waals surface area contributed by atoms with Crippen LogP contribution in [0.4, 0.5) is 5.69 Å². The molecule has 0 aliphatic carbocycles. The van der Waals surface area contributed by atoms with Gasteiger partial charge in [-0.3, -0.25) is 4.72 Å². The summed E-state index contributed by atoms with van der Waals surface area (Å²) >= 11 is 0. The third-order valence-electron chi connectivity index (χ3n) is 4.27. The fourth-order valence-electron chi connectivity index (χ4n) is 2.74. The highest BCUT2D eigenvalue weighted by Crippen LogP contribution is 2.27. The van der Waals surface area contributed by atoms with E-state index in [0.29, 0.717) is 5.69 Å². The van der Waals surface area contributed by atoms with Gasteiger partial charge in [0.05, 0.1) is 20.5 Å². The van der Waals surface area contributed by atoms with E-state index >= 15 is 0 Å². The number of nitrogens with zero attached hydrogens (tertiary/aromatic N) is 1. The molecule has 0 saturated carbocycles. The molecule has 0 fully saturated rings. The number of sulfonamides is 1. The van der Waals surface area contributed by atoms with Crippen molar-refractivity contribution in [2.24, 2.45) is 0 Å². The van der Waals surface area contributed by atoms with E-state index in [1.165, 1.54) is 11.1 Å². The van der Waals surface area contributed by atoms with E-state index in [9.17, 15) is 8.42 Å². The number of anilines is 1. The van der Waals surface area contributed by atoms with Crippen LogP contribution in [-0.2, 0) is 22.9 Å². The van der Waals surface area contributed by atoms with Gasteiger partial charge in [-0.25, -0.2) is 8.42 Å². The lowest BCUT2D eigenvalue weighted by Gasteiger charge is -2.17. The van der Waals surface area contributed by atoms with Crippen LogP contribution in [-0.4, -0.2) is 53.9 Å². The van der Waals surface area contributed by atoms with E-state index in [2.05, 4.69) is 22.7 Å². The van der Waals surface area contributed by atoms with E-state index in [1.807, 2.05) is 24.3 Å². The topological polar surface area (TPSA) is 67.9 Å². The Bertz CT molecular complexity index is 836. The standard InChI is InChI=1S/C20H28N2O4S/c1-22(14-12-17-7-10-19(25-2)20(15-17)26-3)13-11-16-5-8-18(9-6-16)21-27(4,23)24/h5-10,15,21H,11-14H2,1-4H3. The van der Waals surface area contributed by atoms with Gasteiger partial charge in [-0.05, 0) is 55.3 Å². The highest BCUT2D eigenvalue weighted by molar-refractivity contribution is 7.92. The van der Waals surface area contributed by atoms with Crippen LogP contribution in [0.25, 0.3) is 0 Å². The van der Waals surface area contributed by atoms with Crippen molar-refractivity contribution in [3.8, 4) is 11.5 Å². The predicted octanol–water partition coefficient (Wildman–Crippen LogP) is 2.79. The molecule has 0 bridgehead atoms. The lowest BCUT2D eigenvalue weighted by molar-refractivity contribution is 0.340. The predicted molar refractivity (Wildman–Crippen MR) is 109 cm³/mol. The average Bonchev–Trinajstić information content (AvgIpc) is 2.64. The Morgan fingerprint density at radius 3 is 2.00 bits per heavy atom. The van der Waals surface area contributed by atoms with Crippen molar-refractivity contribution in [1.29, 1.82) is 0 Å². The molecule has 0 spiro atoms. The number of rotatable bonds is 10. The van der Waals surface area contributed by atoms with Crippen molar-refractivity contribution in [3.05, 3.63) is 53.6 Å². The number of hydrogen-bond donors (Lipinski definition) is 1. The lowest BCUT2D eigenvalue weighted by atomic mass is 10.1. The maximum Gasteiger partial charge on any atom is 0.229 e. The van der Waals surface area contributed by atoms with Crippen molar-refractivity contribution in [3.63, 3.8) is 0 Å². The molecule has 0 radical (unpaired) electrons. The molecule has 7 heteroatoms. The molecule has 2 rings (SSSR count). The number of benzene rings is 2. The molecule has 6 nitrogen and oxygen atoms in total. The van der Waals surface area contributed by atoms with Crippen molar-refractivity contribution >= 4 is 15.7 Å². The lowest BCUT2D eigenvalue weighted by Crippen LogP contribution is -2.23. The van der Waals surface area contributed by atoms with Crippen LogP contribution >= 0.6 is 0 Å². The Labute approximate surface area is 162 Å². The maximum atomic E-state index is 11.2. The SMILES string of the molecule is COc1ccc(CCN(C)CCc2ccc(NS(C)(=O)=O)cc2)cc1OC. The van der Waals surface area contributed by atoms with Gasteiger partial charge in [-0.15, -0.1) is 0 Å². The first-order valence-electron chi connectivity index (χ1n) is 8.77. The van der Waals surface area contributed by atoms with Crippen LogP contribution in [0.5, 0.6) is 11.5 Å². The van der Waals surface area contributed by atoms with Gasteiger partial charge >= 0.3 is 0 Å². The monoisotopic (exact) mass is 392 g/mol. The summed E-state index contributed by atoms with van der Waals surface area (Å²) in [5, 5.41) is 0. The van der Waals surface area contributed by atoms with Crippen molar-refractivity contribution in [2.75, 3.05) is 45.3 Å². The smallest absolute Gasteiger partial charge is 0.229 e. The molecule has 0 atom stereocenters. The molecule has 148 valence electrons. The van der Waals surface area contributed by atoms with Crippen molar-refractivity contribution in [1.82, 2.24) is 4.90 Å². The number of likely N-dealkylation sites (N-methyl/N-ethyl adjacent to an activating group) is 1. The summed E-state index contributed by atoms with van der Waals surface area (Å²) in [4.78, 5) is 2.28. The second-order valence-electron chi connectivity index (χ2n) is 6.56. The fourth-order valence-corrected chi connectivity index (χ4v) is 3.31. The van der Waals surface area contributed by atoms with Gasteiger partial charge in [-0.1, -0.05) is 18.2 Å². The Morgan fingerprint density at radius 1 is 0.889 bits per heavy atom. The number of nitrogens with one attached hydrogen (secondary N) is 1. The third-order valence-corrected chi connectivity index (χ3v) is 4.88. The molecule has 0 unspecified atom stereocenters. The summed E-state index contributed by atoms with van der Waals surface area (Å²) in [6, 6.07) is 13.5. The Morgan fingerprint density at radius 2 is 1.44 bits per heavy atom. The number of hydrogen-bond acceptors (Lipinski definition) is 5. The normalized spacial score (nSPS) is 11.4. The molecule has 0 aliphatic heterocycles. The van der Waals surface area contributed by atoms with Gasteiger partial charge in [0.2, 0.25) is 10.0 Å². The second-order valence-corrected chi connectivity index (χ2v) is 8.31. The Balaban J connectivity index is 1.81. The Kier molecular flexibility index (Phi) is 7.50. The van der Waals surface area contributed by atoms with Gasteiger partial charge in [0, 0.05) is 18.8 Å². The van der Waals surface area contributed by atoms with E-state index in [4.69, 9.17) is 9.47 Å². The van der Waals surface area contributed by atoms with Crippen LogP contribution in [0.3, 0.4) is 0 Å². The maximum absolute atomic E-state index is 11.2.